The van der Waals surface area contributed by atoms with Crippen molar-refractivity contribution in [3.05, 3.63) is 22.4 Å². The van der Waals surface area contributed by atoms with Crippen molar-refractivity contribution in [2.24, 2.45) is 4.99 Å². The predicted octanol–water partition coefficient (Wildman–Crippen LogP) is 1.35. The maximum absolute atomic E-state index is 11.7. The van der Waals surface area contributed by atoms with Crippen LogP contribution in [0.2, 0.25) is 0 Å². The molecule has 1 aromatic rings. The van der Waals surface area contributed by atoms with E-state index < -0.39 is 0 Å². The molecule has 1 saturated carbocycles. The molecule has 2 heterocycles. The van der Waals surface area contributed by atoms with Gasteiger partial charge in [-0.15, -0.1) is 11.3 Å². The zero-order valence-electron chi connectivity index (χ0n) is 16.1. The van der Waals surface area contributed by atoms with Gasteiger partial charge in [-0.05, 0) is 30.7 Å². The summed E-state index contributed by atoms with van der Waals surface area (Å²) in [6.07, 6.45) is 3.63. The third kappa shape index (κ3) is 6.79. The molecule has 0 bridgehead atoms. The average Bonchev–Trinajstić information content (AvgIpc) is 3.34. The Hall–Kier alpha value is -1.64. The van der Waals surface area contributed by atoms with Crippen molar-refractivity contribution >= 4 is 23.2 Å². The van der Waals surface area contributed by atoms with E-state index in [4.69, 9.17) is 4.74 Å². The van der Waals surface area contributed by atoms with Gasteiger partial charge < -0.3 is 20.7 Å². The van der Waals surface area contributed by atoms with Crippen LogP contribution in [0.15, 0.2) is 22.5 Å². The fourth-order valence-electron chi connectivity index (χ4n) is 3.18. The molecular formula is C19H31N5O2S. The van der Waals surface area contributed by atoms with Crippen LogP contribution in [0.4, 0.5) is 0 Å². The van der Waals surface area contributed by atoms with Crippen LogP contribution in [0.5, 0.6) is 0 Å². The lowest BCUT2D eigenvalue weighted by atomic mass is 10.2. The number of rotatable bonds is 9. The molecule has 150 valence electrons. The molecule has 1 aromatic heterocycles. The maximum atomic E-state index is 11.7. The molecule has 3 N–H and O–H groups in total. The van der Waals surface area contributed by atoms with E-state index in [1.807, 2.05) is 0 Å². The van der Waals surface area contributed by atoms with Gasteiger partial charge in [0.2, 0.25) is 5.91 Å². The minimum atomic E-state index is 0.160. The van der Waals surface area contributed by atoms with Crippen LogP contribution >= 0.6 is 11.3 Å². The normalized spacial score (nSPS) is 19.5. The number of amides is 1. The van der Waals surface area contributed by atoms with E-state index in [0.29, 0.717) is 18.5 Å². The number of carbonyl (C=O) groups excluding carboxylic acids is 1. The molecule has 1 saturated heterocycles. The topological polar surface area (TPSA) is 78.0 Å². The first-order valence-corrected chi connectivity index (χ1v) is 10.7. The number of hydrogen-bond donors (Lipinski definition) is 3. The third-order valence-electron chi connectivity index (χ3n) is 4.86. The Morgan fingerprint density at radius 3 is 2.85 bits per heavy atom. The molecule has 1 unspecified atom stereocenters. The number of thiophene rings is 1. The largest absolute Gasteiger partial charge is 0.379 e. The Morgan fingerprint density at radius 1 is 1.37 bits per heavy atom. The average molecular weight is 394 g/mol. The van der Waals surface area contributed by atoms with Crippen LogP contribution < -0.4 is 16.0 Å². The van der Waals surface area contributed by atoms with Crippen molar-refractivity contribution in [3.63, 3.8) is 0 Å². The van der Waals surface area contributed by atoms with E-state index in [-0.39, 0.29) is 5.91 Å². The fraction of sp³-hybridized carbons (Fsp3) is 0.684. The first-order chi connectivity index (χ1) is 13.3. The molecule has 7 nitrogen and oxygen atoms in total. The van der Waals surface area contributed by atoms with Crippen LogP contribution in [0, 0.1) is 0 Å². The number of ether oxygens (including phenoxy) is 1. The lowest BCUT2D eigenvalue weighted by molar-refractivity contribution is -0.121. The quantitative estimate of drug-likeness (QED) is 0.335. The van der Waals surface area contributed by atoms with E-state index >= 15 is 0 Å². The Kier molecular flexibility index (Phi) is 7.92. The lowest BCUT2D eigenvalue weighted by Crippen LogP contribution is -2.46. The van der Waals surface area contributed by atoms with Gasteiger partial charge in [-0.2, -0.15) is 0 Å². The molecule has 1 atom stereocenters. The zero-order chi connectivity index (χ0) is 18.9. The second kappa shape index (κ2) is 10.6. The SMILES string of the molecule is CN=C(NCCCC(=O)NC1CC1)NCC(c1cccs1)N1CCOCC1. The number of guanidine groups is 1. The molecule has 1 amide bonds. The molecule has 8 heteroatoms. The Balaban J connectivity index is 1.41. The van der Waals surface area contributed by atoms with Crippen molar-refractivity contribution < 1.29 is 9.53 Å². The number of nitrogens with one attached hydrogen (secondary N) is 3. The molecule has 2 fully saturated rings. The molecule has 0 radical (unpaired) electrons. The number of nitrogens with zero attached hydrogens (tertiary/aromatic N) is 2. The summed E-state index contributed by atoms with van der Waals surface area (Å²) in [6.45, 7) is 5.01. The molecule has 3 rings (SSSR count). The monoisotopic (exact) mass is 393 g/mol. The minimum Gasteiger partial charge on any atom is -0.379 e. The van der Waals surface area contributed by atoms with Gasteiger partial charge in [0.05, 0.1) is 19.3 Å². The summed E-state index contributed by atoms with van der Waals surface area (Å²) >= 11 is 1.79. The highest BCUT2D eigenvalue weighted by atomic mass is 32.1. The highest BCUT2D eigenvalue weighted by Crippen LogP contribution is 2.25. The van der Waals surface area contributed by atoms with Crippen molar-refractivity contribution in [2.45, 2.75) is 37.8 Å². The van der Waals surface area contributed by atoms with Gasteiger partial charge in [0, 0.05) is 50.6 Å². The summed E-state index contributed by atoms with van der Waals surface area (Å²) in [5.74, 6) is 0.944. The van der Waals surface area contributed by atoms with Crippen LogP contribution in [0.3, 0.4) is 0 Å². The highest BCUT2D eigenvalue weighted by Gasteiger charge is 2.24. The van der Waals surface area contributed by atoms with Crippen LogP contribution in [0.1, 0.15) is 36.6 Å². The molecule has 0 spiro atoms. The fourth-order valence-corrected chi connectivity index (χ4v) is 4.04. The lowest BCUT2D eigenvalue weighted by Gasteiger charge is -2.34. The number of morpholine rings is 1. The molecule has 2 aliphatic rings. The van der Waals surface area contributed by atoms with Gasteiger partial charge in [-0.3, -0.25) is 14.7 Å². The summed E-state index contributed by atoms with van der Waals surface area (Å²) in [5, 5.41) is 11.9. The Morgan fingerprint density at radius 2 is 2.19 bits per heavy atom. The van der Waals surface area contributed by atoms with Crippen molar-refractivity contribution in [1.29, 1.82) is 0 Å². The van der Waals surface area contributed by atoms with Gasteiger partial charge in [-0.1, -0.05) is 6.07 Å². The van der Waals surface area contributed by atoms with Gasteiger partial charge in [0.25, 0.3) is 0 Å². The van der Waals surface area contributed by atoms with E-state index in [9.17, 15) is 4.79 Å². The Bertz CT molecular complexity index is 597. The van der Waals surface area contributed by atoms with Crippen LogP contribution in [-0.2, 0) is 9.53 Å². The van der Waals surface area contributed by atoms with Gasteiger partial charge in [0.1, 0.15) is 0 Å². The van der Waals surface area contributed by atoms with Crippen molar-refractivity contribution in [3.8, 4) is 0 Å². The molecular weight excluding hydrogens is 362 g/mol. The molecule has 27 heavy (non-hydrogen) atoms. The third-order valence-corrected chi connectivity index (χ3v) is 5.83. The highest BCUT2D eigenvalue weighted by molar-refractivity contribution is 7.10. The standard InChI is InChI=1S/C19H31N5O2S/c1-20-19(21-8-2-5-18(25)23-15-6-7-15)22-14-16(17-4-3-13-27-17)24-9-11-26-12-10-24/h3-4,13,15-16H,2,5-12,14H2,1H3,(H,23,25)(H2,20,21,22). The Labute approximate surface area is 165 Å². The summed E-state index contributed by atoms with van der Waals surface area (Å²) in [4.78, 5) is 19.9. The van der Waals surface area contributed by atoms with Crippen LogP contribution in [-0.4, -0.2) is 69.2 Å². The van der Waals surface area contributed by atoms with Gasteiger partial charge in [-0.25, -0.2) is 0 Å². The smallest absolute Gasteiger partial charge is 0.220 e. The maximum Gasteiger partial charge on any atom is 0.220 e. The van der Waals surface area contributed by atoms with E-state index in [1.165, 1.54) is 4.88 Å². The van der Waals surface area contributed by atoms with E-state index in [0.717, 1.165) is 64.6 Å². The summed E-state index contributed by atoms with van der Waals surface area (Å²) in [5.41, 5.74) is 0. The molecule has 0 aromatic carbocycles. The summed E-state index contributed by atoms with van der Waals surface area (Å²) in [7, 11) is 1.78. The second-order valence-corrected chi connectivity index (χ2v) is 7.98. The first-order valence-electron chi connectivity index (χ1n) is 9.85. The minimum absolute atomic E-state index is 0.160. The first kappa shape index (κ1) is 20.1. The number of aliphatic imine (C=N–C) groups is 1. The van der Waals surface area contributed by atoms with Gasteiger partial charge >= 0.3 is 0 Å². The number of carbonyl (C=O) groups is 1. The van der Waals surface area contributed by atoms with Crippen molar-refractivity contribution in [2.75, 3.05) is 46.4 Å². The zero-order valence-corrected chi connectivity index (χ0v) is 16.9. The summed E-state index contributed by atoms with van der Waals surface area (Å²) in [6, 6.07) is 5.06. The number of hydrogen-bond acceptors (Lipinski definition) is 5. The predicted molar refractivity (Wildman–Crippen MR) is 109 cm³/mol. The van der Waals surface area contributed by atoms with Crippen molar-refractivity contribution in [1.82, 2.24) is 20.9 Å². The summed E-state index contributed by atoms with van der Waals surface area (Å²) < 4.78 is 5.50. The van der Waals surface area contributed by atoms with E-state index in [2.05, 4.69) is 43.4 Å². The molecule has 1 aliphatic carbocycles. The van der Waals surface area contributed by atoms with Crippen LogP contribution in [0.25, 0.3) is 0 Å². The molecule has 1 aliphatic heterocycles. The van der Waals surface area contributed by atoms with E-state index in [1.54, 1.807) is 18.4 Å². The second-order valence-electron chi connectivity index (χ2n) is 7.00. The van der Waals surface area contributed by atoms with Gasteiger partial charge in [0.15, 0.2) is 5.96 Å².